The Labute approximate surface area is 113 Å². The topological polar surface area (TPSA) is 55.1 Å². The van der Waals surface area contributed by atoms with Crippen molar-refractivity contribution in [3.05, 3.63) is 46.2 Å². The van der Waals surface area contributed by atoms with Crippen LogP contribution in [-0.2, 0) is 6.18 Å². The van der Waals surface area contributed by atoms with E-state index in [1.807, 2.05) is 0 Å². The third kappa shape index (κ3) is 2.78. The molecule has 2 rings (SSSR count). The zero-order chi connectivity index (χ0) is 14.2. The van der Waals surface area contributed by atoms with Gasteiger partial charge in [0.15, 0.2) is 0 Å². The molecule has 0 aliphatic rings. The molecule has 0 radical (unpaired) electrons. The van der Waals surface area contributed by atoms with Crippen LogP contribution in [0.2, 0.25) is 0 Å². The Morgan fingerprint density at radius 2 is 2.05 bits per heavy atom. The van der Waals surface area contributed by atoms with Crippen molar-refractivity contribution in [2.75, 3.05) is 0 Å². The van der Waals surface area contributed by atoms with Crippen LogP contribution in [0.3, 0.4) is 0 Å². The molecule has 4 nitrogen and oxygen atoms in total. The van der Waals surface area contributed by atoms with Gasteiger partial charge in [-0.05, 0) is 18.2 Å². The molecule has 0 saturated carbocycles. The largest absolute Gasteiger partial charge is 0.478 e. The number of alkyl halides is 3. The fourth-order valence-corrected chi connectivity index (χ4v) is 1.85. The van der Waals surface area contributed by atoms with Crippen LogP contribution in [0.25, 0.3) is 5.69 Å². The summed E-state index contributed by atoms with van der Waals surface area (Å²) in [6.45, 7) is 0. The van der Waals surface area contributed by atoms with Crippen LogP contribution < -0.4 is 0 Å². The molecule has 0 amide bonds. The minimum atomic E-state index is -4.55. The molecule has 0 spiro atoms. The van der Waals surface area contributed by atoms with Gasteiger partial charge in [0.05, 0.1) is 23.0 Å². The summed E-state index contributed by atoms with van der Waals surface area (Å²) in [4.78, 5) is 10.7. The number of hydrogen-bond acceptors (Lipinski definition) is 2. The molecule has 0 saturated heterocycles. The van der Waals surface area contributed by atoms with Crippen molar-refractivity contribution in [2.45, 2.75) is 6.18 Å². The van der Waals surface area contributed by atoms with Gasteiger partial charge in [-0.25, -0.2) is 9.48 Å². The number of carboxylic acid groups (broad SMARTS) is 1. The smallest absolute Gasteiger partial charge is 0.418 e. The van der Waals surface area contributed by atoms with Gasteiger partial charge in [-0.1, -0.05) is 15.9 Å². The van der Waals surface area contributed by atoms with E-state index in [1.165, 1.54) is 12.1 Å². The first-order valence-corrected chi connectivity index (χ1v) is 5.73. The Kier molecular flexibility index (Phi) is 3.36. The van der Waals surface area contributed by atoms with E-state index in [2.05, 4.69) is 21.0 Å². The molecule has 1 N–H and O–H groups in total. The maximum atomic E-state index is 12.9. The van der Waals surface area contributed by atoms with E-state index in [0.717, 1.165) is 23.1 Å². The molecule has 0 atom stereocenters. The summed E-state index contributed by atoms with van der Waals surface area (Å²) in [6.07, 6.45) is -2.53. The van der Waals surface area contributed by atoms with E-state index >= 15 is 0 Å². The highest BCUT2D eigenvalue weighted by Crippen LogP contribution is 2.35. The number of benzene rings is 1. The van der Waals surface area contributed by atoms with Gasteiger partial charge in [0, 0.05) is 10.7 Å². The van der Waals surface area contributed by atoms with Gasteiger partial charge in [-0.3, -0.25) is 0 Å². The number of rotatable bonds is 2. The van der Waals surface area contributed by atoms with Gasteiger partial charge in [0.1, 0.15) is 0 Å². The Morgan fingerprint density at radius 3 is 2.58 bits per heavy atom. The molecular formula is C11H6BrF3N2O2. The van der Waals surface area contributed by atoms with Crippen molar-refractivity contribution in [3.63, 3.8) is 0 Å². The number of carbonyl (C=O) groups is 1. The number of halogens is 4. The number of aromatic nitrogens is 2. The molecule has 100 valence electrons. The second-order valence-corrected chi connectivity index (χ2v) is 4.55. The molecule has 1 aromatic carbocycles. The van der Waals surface area contributed by atoms with E-state index in [9.17, 15) is 18.0 Å². The summed E-state index contributed by atoms with van der Waals surface area (Å²) >= 11 is 3.07. The predicted octanol–water partition coefficient (Wildman–Crippen LogP) is 3.35. The molecule has 8 heteroatoms. The molecule has 1 heterocycles. The lowest BCUT2D eigenvalue weighted by Crippen LogP contribution is -2.11. The normalized spacial score (nSPS) is 11.6. The summed E-state index contributed by atoms with van der Waals surface area (Å²) in [7, 11) is 0. The van der Waals surface area contributed by atoms with Crippen molar-refractivity contribution in [3.8, 4) is 5.69 Å². The van der Waals surface area contributed by atoms with Crippen LogP contribution in [0.1, 0.15) is 15.9 Å². The Balaban J connectivity index is 2.59. The maximum absolute atomic E-state index is 12.9. The summed E-state index contributed by atoms with van der Waals surface area (Å²) in [5.74, 6) is -1.25. The second-order valence-electron chi connectivity index (χ2n) is 3.64. The SMILES string of the molecule is O=C(O)c1cnn(-c2cc(Br)ccc2C(F)(F)F)c1. The fraction of sp³-hybridized carbons (Fsp3) is 0.0909. The Bertz CT molecular complexity index is 637. The van der Waals surface area contributed by atoms with Gasteiger partial charge >= 0.3 is 12.1 Å². The van der Waals surface area contributed by atoms with Crippen LogP contribution in [-0.4, -0.2) is 20.9 Å². The van der Waals surface area contributed by atoms with Gasteiger partial charge in [-0.15, -0.1) is 0 Å². The highest BCUT2D eigenvalue weighted by atomic mass is 79.9. The standard InChI is InChI=1S/C11H6BrF3N2O2/c12-7-1-2-8(11(13,14)15)9(3-7)17-5-6(4-16-17)10(18)19/h1-5H,(H,18,19). The minimum absolute atomic E-state index is 0.187. The summed E-state index contributed by atoms with van der Waals surface area (Å²) in [5, 5.41) is 12.4. The molecule has 1 aromatic heterocycles. The number of nitrogens with zero attached hydrogens (tertiary/aromatic N) is 2. The van der Waals surface area contributed by atoms with Crippen LogP contribution in [0, 0.1) is 0 Å². The zero-order valence-electron chi connectivity index (χ0n) is 9.15. The van der Waals surface area contributed by atoms with E-state index in [-0.39, 0.29) is 11.3 Å². The van der Waals surface area contributed by atoms with Gasteiger partial charge in [-0.2, -0.15) is 18.3 Å². The number of aromatic carboxylic acids is 1. The van der Waals surface area contributed by atoms with Gasteiger partial charge in [0.25, 0.3) is 0 Å². The quantitative estimate of drug-likeness (QED) is 0.916. The Hall–Kier alpha value is -1.83. The van der Waals surface area contributed by atoms with Crippen molar-refractivity contribution in [1.29, 1.82) is 0 Å². The molecule has 0 aliphatic heterocycles. The van der Waals surface area contributed by atoms with Crippen molar-refractivity contribution in [2.24, 2.45) is 0 Å². The van der Waals surface area contributed by atoms with E-state index in [0.29, 0.717) is 4.47 Å². The molecule has 0 unspecified atom stereocenters. The number of hydrogen-bond donors (Lipinski definition) is 1. The van der Waals surface area contributed by atoms with Crippen LogP contribution in [0.4, 0.5) is 13.2 Å². The van der Waals surface area contributed by atoms with Crippen molar-refractivity contribution >= 4 is 21.9 Å². The monoisotopic (exact) mass is 334 g/mol. The van der Waals surface area contributed by atoms with E-state index < -0.39 is 17.7 Å². The first kappa shape index (κ1) is 13.6. The zero-order valence-corrected chi connectivity index (χ0v) is 10.7. The third-order valence-corrected chi connectivity index (χ3v) is 2.83. The molecule has 0 aliphatic carbocycles. The fourth-order valence-electron chi connectivity index (χ4n) is 1.50. The van der Waals surface area contributed by atoms with Crippen molar-refractivity contribution < 1.29 is 23.1 Å². The van der Waals surface area contributed by atoms with Gasteiger partial charge in [0.2, 0.25) is 0 Å². The van der Waals surface area contributed by atoms with Crippen LogP contribution in [0.15, 0.2) is 35.1 Å². The van der Waals surface area contributed by atoms with Crippen LogP contribution >= 0.6 is 15.9 Å². The van der Waals surface area contributed by atoms with E-state index in [1.54, 1.807) is 0 Å². The molecule has 0 fully saturated rings. The maximum Gasteiger partial charge on any atom is 0.418 e. The molecule has 2 aromatic rings. The summed E-state index contributed by atoms with van der Waals surface area (Å²) < 4.78 is 39.9. The minimum Gasteiger partial charge on any atom is -0.478 e. The second kappa shape index (κ2) is 4.69. The molecule has 19 heavy (non-hydrogen) atoms. The van der Waals surface area contributed by atoms with E-state index in [4.69, 9.17) is 5.11 Å². The lowest BCUT2D eigenvalue weighted by Gasteiger charge is -2.12. The highest BCUT2D eigenvalue weighted by Gasteiger charge is 2.34. The highest BCUT2D eigenvalue weighted by molar-refractivity contribution is 9.10. The first-order chi connectivity index (χ1) is 8.79. The number of carboxylic acids is 1. The average Bonchev–Trinajstić information content (AvgIpc) is 2.76. The lowest BCUT2D eigenvalue weighted by atomic mass is 10.1. The predicted molar refractivity (Wildman–Crippen MR) is 63.2 cm³/mol. The summed E-state index contributed by atoms with van der Waals surface area (Å²) in [5.41, 5.74) is -1.32. The van der Waals surface area contributed by atoms with Crippen molar-refractivity contribution in [1.82, 2.24) is 9.78 Å². The summed E-state index contributed by atoms with van der Waals surface area (Å²) in [6, 6.07) is 3.39. The third-order valence-electron chi connectivity index (χ3n) is 2.34. The van der Waals surface area contributed by atoms with Crippen LogP contribution in [0.5, 0.6) is 0 Å². The molecule has 0 bridgehead atoms. The average molecular weight is 335 g/mol. The Morgan fingerprint density at radius 1 is 1.37 bits per heavy atom. The van der Waals surface area contributed by atoms with Gasteiger partial charge < -0.3 is 5.11 Å². The molecular weight excluding hydrogens is 329 g/mol. The lowest BCUT2D eigenvalue weighted by molar-refractivity contribution is -0.137. The first-order valence-electron chi connectivity index (χ1n) is 4.94.